The molecule has 1 aromatic heterocycles. The van der Waals surface area contributed by atoms with E-state index >= 15 is 0 Å². The van der Waals surface area contributed by atoms with Crippen LogP contribution in [0.15, 0.2) is 12.1 Å². The maximum absolute atomic E-state index is 6.01. The Balaban J connectivity index is 0.00000120. The third kappa shape index (κ3) is 2.82. The summed E-state index contributed by atoms with van der Waals surface area (Å²) in [4.78, 5) is 4.18. The van der Waals surface area contributed by atoms with Gasteiger partial charge in [0.25, 0.3) is 0 Å². The molecule has 3 rings (SSSR count). The zero-order valence-corrected chi connectivity index (χ0v) is 11.6. The smallest absolute Gasteiger partial charge is 0.235 e. The van der Waals surface area contributed by atoms with Gasteiger partial charge in [-0.2, -0.15) is 4.98 Å². The molecule has 6 heteroatoms. The molecule has 1 saturated carbocycles. The first kappa shape index (κ1) is 13.7. The maximum Gasteiger partial charge on any atom is 0.235 e. The Morgan fingerprint density at radius 3 is 2.94 bits per heavy atom. The van der Waals surface area contributed by atoms with Crippen molar-refractivity contribution in [3.63, 3.8) is 0 Å². The van der Waals surface area contributed by atoms with Gasteiger partial charge < -0.3 is 14.8 Å². The third-order valence-electron chi connectivity index (χ3n) is 3.38. The van der Waals surface area contributed by atoms with Crippen molar-refractivity contribution in [2.45, 2.75) is 24.9 Å². The molecular formula is C12H16Cl2N2O2. The number of piperidine rings is 1. The summed E-state index contributed by atoms with van der Waals surface area (Å²) in [6.07, 6.45) is 2.53. The van der Waals surface area contributed by atoms with Crippen LogP contribution in [0.3, 0.4) is 0 Å². The normalized spacial score (nSPS) is 28.2. The zero-order valence-electron chi connectivity index (χ0n) is 10.1. The molecule has 0 spiro atoms. The molecule has 2 aliphatic rings. The molecule has 2 heterocycles. The predicted molar refractivity (Wildman–Crippen MR) is 72.0 cm³/mol. The predicted octanol–water partition coefficient (Wildman–Crippen LogP) is 2.29. The van der Waals surface area contributed by atoms with Crippen molar-refractivity contribution in [2.24, 2.45) is 5.92 Å². The number of nitrogens with one attached hydrogen (secondary N) is 1. The van der Waals surface area contributed by atoms with Crippen molar-refractivity contribution < 1.29 is 9.47 Å². The highest BCUT2D eigenvalue weighted by molar-refractivity contribution is 6.31. The molecule has 0 bridgehead atoms. The Labute approximate surface area is 117 Å². The second-order valence-electron chi connectivity index (χ2n) is 4.65. The molecule has 0 radical (unpaired) electrons. The number of nitrogens with zero attached hydrogens (tertiary/aromatic N) is 1. The second kappa shape index (κ2) is 5.51. The monoisotopic (exact) mass is 290 g/mol. The fraction of sp³-hybridized carbons (Fsp3) is 0.583. The summed E-state index contributed by atoms with van der Waals surface area (Å²) >= 11 is 6.01. The van der Waals surface area contributed by atoms with Crippen molar-refractivity contribution in [3.05, 3.63) is 17.2 Å². The molecule has 0 amide bonds. The minimum atomic E-state index is 0. The minimum absolute atomic E-state index is 0. The van der Waals surface area contributed by atoms with Gasteiger partial charge in [0.05, 0.1) is 7.11 Å². The number of methoxy groups -OCH3 is 1. The van der Waals surface area contributed by atoms with Gasteiger partial charge in [-0.15, -0.1) is 12.4 Å². The number of ether oxygens (including phenoxy) is 2. The van der Waals surface area contributed by atoms with Crippen molar-refractivity contribution >= 4 is 24.0 Å². The van der Waals surface area contributed by atoms with Crippen LogP contribution < -0.4 is 14.8 Å². The number of hydrogen-bond donors (Lipinski definition) is 1. The lowest BCUT2D eigenvalue weighted by Gasteiger charge is -2.14. The molecule has 18 heavy (non-hydrogen) atoms. The number of pyridine rings is 1. The lowest BCUT2D eigenvalue weighted by atomic mass is 10.2. The Hall–Kier alpha value is -0.710. The highest BCUT2D eigenvalue weighted by Gasteiger charge is 2.45. The lowest BCUT2D eigenvalue weighted by molar-refractivity contribution is 0.255. The number of aromatic nitrogens is 1. The Morgan fingerprint density at radius 2 is 2.28 bits per heavy atom. The quantitative estimate of drug-likeness (QED) is 0.924. The first-order valence-electron chi connectivity index (χ1n) is 5.85. The number of halogens is 2. The summed E-state index contributed by atoms with van der Waals surface area (Å²) in [7, 11) is 1.58. The second-order valence-corrected chi connectivity index (χ2v) is 5.06. The van der Waals surface area contributed by atoms with E-state index in [2.05, 4.69) is 10.3 Å². The van der Waals surface area contributed by atoms with E-state index < -0.39 is 0 Å². The highest BCUT2D eigenvalue weighted by atomic mass is 35.5. The summed E-state index contributed by atoms with van der Waals surface area (Å²) in [5, 5.41) is 4.04. The zero-order chi connectivity index (χ0) is 11.8. The van der Waals surface area contributed by atoms with Gasteiger partial charge in [-0.3, -0.25) is 0 Å². The standard InChI is InChI=1S/C12H15ClN2O2.ClH/c1-16-11-3-2-9(13)12(15-11)17-6-8-4-7-5-10(7)14-8;/h2-3,7-8,10,14H,4-6H2,1H3;1H/t7-,8-,10+;/m1./s1. The third-order valence-corrected chi connectivity index (χ3v) is 3.67. The van der Waals surface area contributed by atoms with Gasteiger partial charge in [-0.25, -0.2) is 0 Å². The number of hydrogen-bond acceptors (Lipinski definition) is 4. The van der Waals surface area contributed by atoms with Crippen LogP contribution in [0.2, 0.25) is 5.02 Å². The molecule has 1 aliphatic heterocycles. The van der Waals surface area contributed by atoms with Crippen LogP contribution >= 0.6 is 24.0 Å². The topological polar surface area (TPSA) is 43.4 Å². The van der Waals surface area contributed by atoms with E-state index in [1.807, 2.05) is 0 Å². The van der Waals surface area contributed by atoms with Gasteiger partial charge in [-0.1, -0.05) is 11.6 Å². The minimum Gasteiger partial charge on any atom is -0.481 e. The molecule has 3 atom stereocenters. The van der Waals surface area contributed by atoms with Crippen LogP contribution in [0, 0.1) is 5.92 Å². The molecule has 1 aromatic rings. The van der Waals surface area contributed by atoms with Crippen LogP contribution in [0.5, 0.6) is 11.8 Å². The fourth-order valence-electron chi connectivity index (χ4n) is 2.37. The van der Waals surface area contributed by atoms with E-state index in [-0.39, 0.29) is 12.4 Å². The summed E-state index contributed by atoms with van der Waals surface area (Å²) in [5.74, 6) is 1.84. The molecule has 1 saturated heterocycles. The Kier molecular flexibility index (Phi) is 4.20. The molecule has 4 nitrogen and oxygen atoms in total. The molecule has 1 aliphatic carbocycles. The maximum atomic E-state index is 6.01. The molecule has 100 valence electrons. The number of rotatable bonds is 4. The van der Waals surface area contributed by atoms with Crippen molar-refractivity contribution in [1.82, 2.24) is 10.3 Å². The first-order chi connectivity index (χ1) is 8.26. The van der Waals surface area contributed by atoms with Crippen molar-refractivity contribution in [2.75, 3.05) is 13.7 Å². The van der Waals surface area contributed by atoms with Crippen LogP contribution in [0.25, 0.3) is 0 Å². The summed E-state index contributed by atoms with van der Waals surface area (Å²) in [6.45, 7) is 0.618. The van der Waals surface area contributed by atoms with Gasteiger partial charge in [0, 0.05) is 18.2 Å². The van der Waals surface area contributed by atoms with Gasteiger partial charge in [0.15, 0.2) is 0 Å². The molecule has 2 fully saturated rings. The summed E-state index contributed by atoms with van der Waals surface area (Å²) < 4.78 is 10.7. The van der Waals surface area contributed by atoms with E-state index in [4.69, 9.17) is 21.1 Å². The van der Waals surface area contributed by atoms with E-state index in [1.54, 1.807) is 19.2 Å². The van der Waals surface area contributed by atoms with E-state index in [9.17, 15) is 0 Å². The van der Waals surface area contributed by atoms with Crippen LogP contribution in [0.1, 0.15) is 12.8 Å². The Morgan fingerprint density at radius 1 is 1.44 bits per heavy atom. The fourth-order valence-corrected chi connectivity index (χ4v) is 2.53. The molecule has 1 N–H and O–H groups in total. The van der Waals surface area contributed by atoms with Crippen molar-refractivity contribution in [3.8, 4) is 11.8 Å². The number of fused-ring (bicyclic) bond motifs is 1. The molecule has 0 aromatic carbocycles. The van der Waals surface area contributed by atoms with Gasteiger partial charge in [0.1, 0.15) is 11.6 Å². The van der Waals surface area contributed by atoms with Crippen LogP contribution in [0.4, 0.5) is 0 Å². The van der Waals surface area contributed by atoms with E-state index in [0.29, 0.717) is 29.4 Å². The van der Waals surface area contributed by atoms with E-state index in [1.165, 1.54) is 12.8 Å². The molecular weight excluding hydrogens is 275 g/mol. The highest BCUT2D eigenvalue weighted by Crippen LogP contribution is 2.40. The van der Waals surface area contributed by atoms with Gasteiger partial charge in [-0.05, 0) is 24.8 Å². The van der Waals surface area contributed by atoms with Crippen LogP contribution in [-0.2, 0) is 0 Å². The lowest BCUT2D eigenvalue weighted by Crippen LogP contribution is -2.31. The first-order valence-corrected chi connectivity index (χ1v) is 6.23. The molecule has 0 unspecified atom stereocenters. The Bertz CT molecular complexity index is 421. The summed E-state index contributed by atoms with van der Waals surface area (Å²) in [5.41, 5.74) is 0. The summed E-state index contributed by atoms with van der Waals surface area (Å²) in [6, 6.07) is 4.63. The van der Waals surface area contributed by atoms with Crippen LogP contribution in [-0.4, -0.2) is 30.8 Å². The largest absolute Gasteiger partial charge is 0.481 e. The average Bonchev–Trinajstić information content (AvgIpc) is 2.96. The van der Waals surface area contributed by atoms with Crippen molar-refractivity contribution in [1.29, 1.82) is 0 Å². The van der Waals surface area contributed by atoms with Gasteiger partial charge in [0.2, 0.25) is 11.8 Å². The average molecular weight is 291 g/mol. The van der Waals surface area contributed by atoms with Gasteiger partial charge >= 0.3 is 0 Å². The SMILES string of the molecule is COc1ccc(Cl)c(OC[C@H]2C[C@@H]3C[C@@H]3N2)n1.Cl. The van der Waals surface area contributed by atoms with E-state index in [0.717, 1.165) is 12.0 Å².